The molecule has 17 heteroatoms. The summed E-state index contributed by atoms with van der Waals surface area (Å²) in [5.41, 5.74) is 2.67. The van der Waals surface area contributed by atoms with E-state index < -0.39 is 30.0 Å². The second-order valence-corrected chi connectivity index (χ2v) is 16.3. The van der Waals surface area contributed by atoms with E-state index in [2.05, 4.69) is 41.7 Å². The number of rotatable bonds is 10. The summed E-state index contributed by atoms with van der Waals surface area (Å²) in [6.45, 7) is 6.19. The summed E-state index contributed by atoms with van der Waals surface area (Å²) >= 11 is 0. The first-order valence-electron chi connectivity index (χ1n) is 20.1. The summed E-state index contributed by atoms with van der Waals surface area (Å²) in [4.78, 5) is 60.2. The van der Waals surface area contributed by atoms with Crippen LogP contribution in [0.5, 0.6) is 0 Å². The number of imidazole rings is 1. The fourth-order valence-corrected chi connectivity index (χ4v) is 9.67. The number of hydrogen-bond acceptors (Lipinski definition) is 9. The summed E-state index contributed by atoms with van der Waals surface area (Å²) in [6.07, 6.45) is 9.60. The minimum Gasteiger partial charge on any atom is -0.319 e. The molecule has 2 N–H and O–H groups in total. The van der Waals surface area contributed by atoms with Gasteiger partial charge in [0.2, 0.25) is 11.8 Å². The zero-order valence-electron chi connectivity index (χ0n) is 31.9. The summed E-state index contributed by atoms with van der Waals surface area (Å²) in [5, 5.41) is 13.4. The Labute approximate surface area is 327 Å². The van der Waals surface area contributed by atoms with E-state index in [4.69, 9.17) is 0 Å². The summed E-state index contributed by atoms with van der Waals surface area (Å²) in [6, 6.07) is 6.98. The second kappa shape index (κ2) is 15.2. The molecule has 1 atom stereocenters. The molecule has 2 saturated heterocycles. The Kier molecular flexibility index (Phi) is 9.96. The Morgan fingerprint density at radius 3 is 2.42 bits per heavy atom. The zero-order valence-corrected chi connectivity index (χ0v) is 31.9. The molecule has 300 valence electrons. The van der Waals surface area contributed by atoms with Crippen LogP contribution in [-0.2, 0) is 16.6 Å². The lowest BCUT2D eigenvalue weighted by Gasteiger charge is -2.42. The number of carbonyl (C=O) groups excluding carboxylic acids is 3. The molecule has 4 aromatic heterocycles. The number of imide groups is 1. The minimum atomic E-state index is -2.83. The van der Waals surface area contributed by atoms with Crippen LogP contribution in [-0.4, -0.2) is 100 Å². The van der Waals surface area contributed by atoms with E-state index >= 15 is 0 Å². The maximum absolute atomic E-state index is 14.0. The number of aromatic nitrogens is 7. The number of carbonyl (C=O) groups is 3. The van der Waals surface area contributed by atoms with Gasteiger partial charge in [0.25, 0.3) is 12.3 Å². The third kappa shape index (κ3) is 7.15. The highest BCUT2D eigenvalue weighted by molar-refractivity contribution is 6.08. The maximum atomic E-state index is 14.0. The van der Waals surface area contributed by atoms with Crippen LogP contribution in [0.2, 0.25) is 0 Å². The lowest BCUT2D eigenvalue weighted by Crippen LogP contribution is -2.50. The maximum Gasteiger partial charge on any atom is 0.329 e. The Hall–Kier alpha value is -5.29. The first-order chi connectivity index (χ1) is 27.6. The molecule has 1 aromatic carbocycles. The Bertz CT molecular complexity index is 2380. The van der Waals surface area contributed by atoms with Crippen molar-refractivity contribution in [2.24, 2.45) is 18.9 Å². The molecule has 2 aliphatic heterocycles. The molecular weight excluding hydrogens is 737 g/mol. The van der Waals surface area contributed by atoms with Gasteiger partial charge in [-0.1, -0.05) is 12.1 Å². The smallest absolute Gasteiger partial charge is 0.319 e. The van der Waals surface area contributed by atoms with Crippen LogP contribution in [0.1, 0.15) is 97.4 Å². The van der Waals surface area contributed by atoms with E-state index in [1.807, 2.05) is 12.1 Å². The zero-order chi connectivity index (χ0) is 39.4. The number of piperazine rings is 1. The lowest BCUT2D eigenvalue weighted by atomic mass is 9.71. The van der Waals surface area contributed by atoms with Crippen LogP contribution in [0.25, 0.3) is 16.7 Å². The van der Waals surface area contributed by atoms with Gasteiger partial charge in [0.1, 0.15) is 11.6 Å². The highest BCUT2D eigenvalue weighted by Crippen LogP contribution is 2.44. The topological polar surface area (TPSA) is 157 Å². The van der Waals surface area contributed by atoms with E-state index in [1.165, 1.54) is 16.9 Å². The molecule has 5 aromatic rings. The molecule has 4 fully saturated rings. The molecule has 2 saturated carbocycles. The van der Waals surface area contributed by atoms with Gasteiger partial charge in [-0.05, 0) is 80.4 Å². The van der Waals surface area contributed by atoms with Crippen molar-refractivity contribution in [3.8, 4) is 0 Å². The van der Waals surface area contributed by atoms with Gasteiger partial charge in [-0.25, -0.2) is 23.1 Å². The molecule has 3 amide bonds. The molecule has 0 radical (unpaired) electrons. The van der Waals surface area contributed by atoms with Crippen LogP contribution in [0.15, 0.2) is 53.8 Å². The Morgan fingerprint density at radius 1 is 0.965 bits per heavy atom. The number of fused-ring (bicyclic) bond motifs is 2. The van der Waals surface area contributed by atoms with E-state index in [0.29, 0.717) is 29.8 Å². The quantitative estimate of drug-likeness (QED) is 0.197. The molecule has 57 heavy (non-hydrogen) atoms. The number of nitrogens with one attached hydrogen (secondary N) is 2. The van der Waals surface area contributed by atoms with Crippen molar-refractivity contribution in [2.75, 3.05) is 44.6 Å². The number of alkyl halides is 2. The van der Waals surface area contributed by atoms with E-state index in [1.54, 1.807) is 39.3 Å². The Morgan fingerprint density at radius 2 is 1.70 bits per heavy atom. The molecule has 9 rings (SSSR count). The first kappa shape index (κ1) is 37.3. The summed E-state index contributed by atoms with van der Waals surface area (Å²) < 4.78 is 34.4. The van der Waals surface area contributed by atoms with Gasteiger partial charge >= 0.3 is 5.69 Å². The standard InChI is InChI=1S/C40H47F2N11O4/c1-48-35-28(4-2-5-31(35)53(40(48)57)32-10-11-33(54)46-39(32)56)26-18-25(19-26)22-50-16-14-49(15-17-50)21-24-6-8-27(9-7-24)52-23-30(34(47-52)36(41)42)45-38(55)29-20-44-51-13-3-12-43-37(29)51/h2-5,12-13,20,23-27,32,36H,6-11,14-19,21-22H2,1H3,(H,45,55)(H,46,54,56)/t24-,25-,26-,27-,32?. The first-order valence-corrected chi connectivity index (χ1v) is 20.1. The third-order valence-corrected chi connectivity index (χ3v) is 12.8. The molecular formula is C40H47F2N11O4. The Balaban J connectivity index is 0.740. The van der Waals surface area contributed by atoms with Gasteiger partial charge < -0.3 is 15.1 Å². The number of piperidine rings is 1. The van der Waals surface area contributed by atoms with Gasteiger partial charge in [0, 0.05) is 71.3 Å². The van der Waals surface area contributed by atoms with Crippen LogP contribution in [0.4, 0.5) is 14.5 Å². The third-order valence-electron chi connectivity index (χ3n) is 12.8. The van der Waals surface area contributed by atoms with Gasteiger partial charge in [0.05, 0.1) is 29.0 Å². The van der Waals surface area contributed by atoms with Crippen molar-refractivity contribution in [3.05, 3.63) is 76.4 Å². The van der Waals surface area contributed by atoms with Crippen molar-refractivity contribution in [1.29, 1.82) is 0 Å². The number of aryl methyl sites for hydroxylation is 1. The fourth-order valence-electron chi connectivity index (χ4n) is 9.67. The molecule has 6 heterocycles. The van der Waals surface area contributed by atoms with Crippen molar-refractivity contribution >= 4 is 40.1 Å². The number of para-hydroxylation sites is 1. The normalized spacial score (nSPS) is 24.9. The van der Waals surface area contributed by atoms with Crippen molar-refractivity contribution in [1.82, 2.24) is 48.6 Å². The highest BCUT2D eigenvalue weighted by atomic mass is 19.3. The van der Waals surface area contributed by atoms with Crippen molar-refractivity contribution in [2.45, 2.75) is 75.8 Å². The average Bonchev–Trinajstić information content (AvgIpc) is 3.89. The molecule has 0 spiro atoms. The monoisotopic (exact) mass is 783 g/mol. The van der Waals surface area contributed by atoms with Crippen LogP contribution in [0.3, 0.4) is 0 Å². The van der Waals surface area contributed by atoms with Gasteiger partial charge in [-0.15, -0.1) is 0 Å². The van der Waals surface area contributed by atoms with Crippen molar-refractivity contribution in [3.63, 3.8) is 0 Å². The molecule has 15 nitrogen and oxygen atoms in total. The number of anilines is 1. The second-order valence-electron chi connectivity index (χ2n) is 16.3. The lowest BCUT2D eigenvalue weighted by molar-refractivity contribution is -0.135. The predicted molar refractivity (Wildman–Crippen MR) is 206 cm³/mol. The number of amides is 3. The molecule has 2 aliphatic carbocycles. The number of benzene rings is 1. The average molecular weight is 784 g/mol. The SMILES string of the molecule is Cn1c(=O)n(C2CCC(=O)NC2=O)c2cccc([C@H]3C[C@H](CN4CCN(C[C@H]5CC[C@H](n6cc(NC(=O)c7cnn8cccnc78)c(C(F)F)n6)CC5)CC4)C3)c21. The van der Waals surface area contributed by atoms with Gasteiger partial charge in [0.15, 0.2) is 11.3 Å². The fraction of sp³-hybridized carbons (Fsp3) is 0.525. The summed E-state index contributed by atoms with van der Waals surface area (Å²) in [7, 11) is 1.77. The largest absolute Gasteiger partial charge is 0.329 e. The van der Waals surface area contributed by atoms with E-state index in [-0.39, 0.29) is 35.3 Å². The number of halogens is 2. The number of nitrogens with zero attached hydrogens (tertiary/aromatic N) is 9. The van der Waals surface area contributed by atoms with Crippen molar-refractivity contribution < 1.29 is 23.2 Å². The minimum absolute atomic E-state index is 0.00620. The highest BCUT2D eigenvalue weighted by Gasteiger charge is 2.37. The van der Waals surface area contributed by atoms with E-state index in [9.17, 15) is 28.0 Å². The van der Waals surface area contributed by atoms with Crippen LogP contribution >= 0.6 is 0 Å². The van der Waals surface area contributed by atoms with Gasteiger partial charge in [-0.2, -0.15) is 10.2 Å². The predicted octanol–water partition coefficient (Wildman–Crippen LogP) is 4.29. The number of hydrogen-bond donors (Lipinski definition) is 2. The molecule has 1 unspecified atom stereocenters. The van der Waals surface area contributed by atoms with Crippen LogP contribution < -0.4 is 16.3 Å². The van der Waals surface area contributed by atoms with E-state index in [0.717, 1.165) is 94.4 Å². The summed E-state index contributed by atoms with van der Waals surface area (Å²) in [5.74, 6) is 0.205. The van der Waals surface area contributed by atoms with Gasteiger partial charge in [-0.3, -0.25) is 33.5 Å². The molecule has 0 bridgehead atoms. The van der Waals surface area contributed by atoms with Crippen LogP contribution in [0, 0.1) is 11.8 Å². The molecule has 4 aliphatic rings.